The molecule has 0 aliphatic rings. The van der Waals surface area contributed by atoms with E-state index in [2.05, 4.69) is 10.3 Å². The van der Waals surface area contributed by atoms with Crippen molar-refractivity contribution in [3.05, 3.63) is 29.1 Å². The molecule has 0 saturated heterocycles. The first kappa shape index (κ1) is 12.5. The maximum Gasteiger partial charge on any atom is 0.216 e. The van der Waals surface area contributed by atoms with Crippen LogP contribution in [0.5, 0.6) is 0 Å². The summed E-state index contributed by atoms with van der Waals surface area (Å²) >= 11 is 5.88. The molecule has 0 saturated carbocycles. The predicted molar refractivity (Wildman–Crippen MR) is 66.0 cm³/mol. The maximum atomic E-state index is 10.6. The van der Waals surface area contributed by atoms with Crippen molar-refractivity contribution in [3.63, 3.8) is 0 Å². The fraction of sp³-hybridized carbons (Fsp3) is 0.273. The summed E-state index contributed by atoms with van der Waals surface area (Å²) in [7, 11) is 0. The Morgan fingerprint density at radius 2 is 2.44 bits per heavy atom. The molecule has 86 valence electrons. The van der Waals surface area contributed by atoms with Crippen LogP contribution in [-0.2, 0) is 4.79 Å². The molecule has 1 heterocycles. The molecule has 0 bridgehead atoms. The van der Waals surface area contributed by atoms with Gasteiger partial charge in [-0.05, 0) is 12.5 Å². The van der Waals surface area contributed by atoms with Crippen molar-refractivity contribution >= 4 is 29.3 Å². The van der Waals surface area contributed by atoms with Crippen LogP contribution in [0.1, 0.15) is 18.9 Å². The van der Waals surface area contributed by atoms with E-state index in [-0.39, 0.29) is 5.91 Å². The molecule has 0 radical (unpaired) electrons. The van der Waals surface area contributed by atoms with E-state index in [1.807, 2.05) is 12.2 Å². The highest BCUT2D eigenvalue weighted by Crippen LogP contribution is 2.20. The molecule has 1 aromatic heterocycles. The lowest BCUT2D eigenvalue weighted by atomic mass is 10.2. The minimum Gasteiger partial charge on any atom is -0.398 e. The van der Waals surface area contributed by atoms with Crippen molar-refractivity contribution in [3.8, 4) is 0 Å². The van der Waals surface area contributed by atoms with E-state index in [9.17, 15) is 4.79 Å². The summed E-state index contributed by atoms with van der Waals surface area (Å²) in [4.78, 5) is 14.5. The van der Waals surface area contributed by atoms with Gasteiger partial charge in [-0.15, -0.1) is 0 Å². The molecular weight excluding hydrogens is 226 g/mol. The Morgan fingerprint density at radius 3 is 3.06 bits per heavy atom. The smallest absolute Gasteiger partial charge is 0.216 e. The summed E-state index contributed by atoms with van der Waals surface area (Å²) in [6, 6.07) is 1.69. The zero-order valence-corrected chi connectivity index (χ0v) is 9.79. The van der Waals surface area contributed by atoms with Crippen LogP contribution in [0.3, 0.4) is 0 Å². The van der Waals surface area contributed by atoms with Gasteiger partial charge < -0.3 is 11.1 Å². The Hall–Kier alpha value is -1.55. The number of hydrogen-bond donors (Lipinski definition) is 2. The Labute approximate surface area is 99.5 Å². The van der Waals surface area contributed by atoms with Gasteiger partial charge in [-0.1, -0.05) is 23.8 Å². The number of nitrogen functional groups attached to an aromatic ring is 1. The van der Waals surface area contributed by atoms with Gasteiger partial charge in [0.2, 0.25) is 5.91 Å². The van der Waals surface area contributed by atoms with Crippen molar-refractivity contribution in [2.45, 2.75) is 13.3 Å². The number of anilines is 1. The van der Waals surface area contributed by atoms with Crippen molar-refractivity contribution in [1.82, 2.24) is 10.3 Å². The minimum atomic E-state index is -0.0349. The first-order chi connectivity index (χ1) is 7.61. The highest BCUT2D eigenvalue weighted by molar-refractivity contribution is 6.31. The van der Waals surface area contributed by atoms with E-state index >= 15 is 0 Å². The zero-order valence-electron chi connectivity index (χ0n) is 9.03. The molecule has 0 atom stereocenters. The normalized spacial score (nSPS) is 10.6. The number of nitrogens with one attached hydrogen (secondary N) is 1. The van der Waals surface area contributed by atoms with Crippen LogP contribution in [0, 0.1) is 0 Å². The average molecular weight is 240 g/mol. The molecule has 1 aromatic rings. The molecule has 4 nitrogen and oxygen atoms in total. The zero-order chi connectivity index (χ0) is 12.0. The third kappa shape index (κ3) is 3.90. The molecule has 0 aromatic carbocycles. The number of nitrogens with zero attached hydrogens (tertiary/aromatic N) is 1. The standard InChI is InChI=1S/C11H14ClN3O/c1-8(16)14-6-3-2-4-9-10(13)5-7-15-11(9)12/h2,4-5,7H,3,6H2,1H3,(H2,13,15)(H,14,16). The van der Waals surface area contributed by atoms with Gasteiger partial charge in [0.15, 0.2) is 0 Å². The lowest BCUT2D eigenvalue weighted by Crippen LogP contribution is -2.20. The average Bonchev–Trinajstić information content (AvgIpc) is 2.21. The number of rotatable bonds is 4. The van der Waals surface area contributed by atoms with E-state index in [0.29, 0.717) is 22.9 Å². The molecular formula is C11H14ClN3O. The van der Waals surface area contributed by atoms with Gasteiger partial charge in [-0.25, -0.2) is 4.98 Å². The molecule has 0 spiro atoms. The number of halogens is 1. The second-order valence-corrected chi connectivity index (χ2v) is 3.64. The minimum absolute atomic E-state index is 0.0349. The first-order valence-electron chi connectivity index (χ1n) is 4.92. The van der Waals surface area contributed by atoms with Gasteiger partial charge in [0.25, 0.3) is 0 Å². The highest BCUT2D eigenvalue weighted by Gasteiger charge is 2.00. The summed E-state index contributed by atoms with van der Waals surface area (Å²) < 4.78 is 0. The van der Waals surface area contributed by atoms with Crippen LogP contribution < -0.4 is 11.1 Å². The Kier molecular flexibility index (Phi) is 4.79. The fourth-order valence-corrected chi connectivity index (χ4v) is 1.39. The molecule has 0 aliphatic heterocycles. The van der Waals surface area contributed by atoms with E-state index < -0.39 is 0 Å². The quantitative estimate of drug-likeness (QED) is 0.623. The Bertz CT molecular complexity index is 384. The number of hydrogen-bond acceptors (Lipinski definition) is 3. The van der Waals surface area contributed by atoms with Crippen LogP contribution in [0.25, 0.3) is 6.08 Å². The van der Waals surface area contributed by atoms with Gasteiger partial charge in [-0.2, -0.15) is 0 Å². The van der Waals surface area contributed by atoms with E-state index in [1.165, 1.54) is 6.92 Å². The monoisotopic (exact) mass is 239 g/mol. The number of nitrogens with two attached hydrogens (primary N) is 1. The molecule has 0 unspecified atom stereocenters. The van der Waals surface area contributed by atoms with Crippen molar-refractivity contribution in [2.24, 2.45) is 0 Å². The fourth-order valence-electron chi connectivity index (χ4n) is 1.16. The Balaban J connectivity index is 2.53. The van der Waals surface area contributed by atoms with Gasteiger partial charge in [0, 0.05) is 30.9 Å². The van der Waals surface area contributed by atoms with Gasteiger partial charge in [0.05, 0.1) is 0 Å². The second kappa shape index (κ2) is 6.12. The summed E-state index contributed by atoms with van der Waals surface area (Å²) in [5, 5.41) is 3.08. The predicted octanol–water partition coefficient (Wildman–Crippen LogP) is 1.86. The summed E-state index contributed by atoms with van der Waals surface area (Å²) in [6.45, 7) is 2.09. The molecule has 0 aliphatic carbocycles. The van der Waals surface area contributed by atoms with Gasteiger partial charge in [-0.3, -0.25) is 4.79 Å². The molecule has 16 heavy (non-hydrogen) atoms. The van der Waals surface area contributed by atoms with E-state index in [0.717, 1.165) is 6.42 Å². The van der Waals surface area contributed by atoms with E-state index in [4.69, 9.17) is 17.3 Å². The molecule has 3 N–H and O–H groups in total. The lowest BCUT2D eigenvalue weighted by Gasteiger charge is -2.01. The summed E-state index contributed by atoms with van der Waals surface area (Å²) in [5.74, 6) is -0.0349. The number of carbonyl (C=O) groups is 1. The van der Waals surface area contributed by atoms with Crippen LogP contribution >= 0.6 is 11.6 Å². The van der Waals surface area contributed by atoms with Crippen LogP contribution in [-0.4, -0.2) is 17.4 Å². The third-order valence-electron chi connectivity index (χ3n) is 1.94. The topological polar surface area (TPSA) is 68.0 Å². The van der Waals surface area contributed by atoms with Crippen molar-refractivity contribution < 1.29 is 4.79 Å². The summed E-state index contributed by atoms with van der Waals surface area (Å²) in [6.07, 6.45) is 6.00. The lowest BCUT2D eigenvalue weighted by molar-refractivity contribution is -0.118. The molecule has 5 heteroatoms. The van der Waals surface area contributed by atoms with E-state index in [1.54, 1.807) is 12.3 Å². The number of pyridine rings is 1. The maximum absolute atomic E-state index is 10.6. The van der Waals surface area contributed by atoms with Gasteiger partial charge in [0.1, 0.15) is 5.15 Å². The second-order valence-electron chi connectivity index (χ2n) is 3.28. The Morgan fingerprint density at radius 1 is 1.69 bits per heavy atom. The summed E-state index contributed by atoms with van der Waals surface area (Å²) in [5.41, 5.74) is 7.05. The molecule has 1 rings (SSSR count). The number of carbonyl (C=O) groups excluding carboxylic acids is 1. The number of amides is 1. The van der Waals surface area contributed by atoms with Crippen molar-refractivity contribution in [1.29, 1.82) is 0 Å². The molecule has 1 amide bonds. The van der Waals surface area contributed by atoms with Crippen LogP contribution in [0.2, 0.25) is 5.15 Å². The van der Waals surface area contributed by atoms with Crippen molar-refractivity contribution in [2.75, 3.05) is 12.3 Å². The van der Waals surface area contributed by atoms with Crippen LogP contribution in [0.4, 0.5) is 5.69 Å². The SMILES string of the molecule is CC(=O)NCCC=Cc1c(N)ccnc1Cl. The third-order valence-corrected chi connectivity index (χ3v) is 2.25. The van der Waals surface area contributed by atoms with Gasteiger partial charge >= 0.3 is 0 Å². The van der Waals surface area contributed by atoms with Crippen LogP contribution in [0.15, 0.2) is 18.3 Å². The largest absolute Gasteiger partial charge is 0.398 e. The number of aromatic nitrogens is 1. The highest BCUT2D eigenvalue weighted by atomic mass is 35.5. The first-order valence-corrected chi connectivity index (χ1v) is 5.30. The molecule has 0 fully saturated rings.